The molecule has 0 saturated carbocycles. The fraction of sp³-hybridized carbons (Fsp3) is 0.706. The number of hydrogen-bond donors (Lipinski definition) is 0. The second-order valence-electron chi connectivity index (χ2n) is 7.59. The van der Waals surface area contributed by atoms with Crippen molar-refractivity contribution >= 4 is 17.4 Å². The van der Waals surface area contributed by atoms with Crippen LogP contribution < -0.4 is 0 Å². The van der Waals surface area contributed by atoms with Gasteiger partial charge in [-0.05, 0) is 66.5 Å². The Labute approximate surface area is 126 Å². The van der Waals surface area contributed by atoms with Crippen LogP contribution in [-0.2, 0) is 6.42 Å². The molecule has 3 heteroatoms. The smallest absolute Gasteiger partial charge is 0.0967 e. The van der Waals surface area contributed by atoms with E-state index in [1.807, 2.05) is 11.3 Å². The van der Waals surface area contributed by atoms with Crippen molar-refractivity contribution in [1.82, 2.24) is 9.88 Å². The normalized spacial score (nSPS) is 25.6. The van der Waals surface area contributed by atoms with Gasteiger partial charge in [0.1, 0.15) is 0 Å². The first kappa shape index (κ1) is 14.3. The maximum atomic E-state index is 4.94. The van der Waals surface area contributed by atoms with Gasteiger partial charge in [-0.15, -0.1) is 11.3 Å². The number of aromatic nitrogens is 1. The number of aryl methyl sites for hydroxylation is 1. The van der Waals surface area contributed by atoms with Crippen LogP contribution in [0.25, 0.3) is 6.08 Å². The van der Waals surface area contributed by atoms with E-state index in [0.29, 0.717) is 5.92 Å². The van der Waals surface area contributed by atoms with E-state index in [4.69, 9.17) is 4.98 Å². The number of nitrogens with zero attached hydrogens (tertiary/aromatic N) is 2. The van der Waals surface area contributed by atoms with Crippen molar-refractivity contribution < 1.29 is 0 Å². The Hall–Kier alpha value is -0.670. The topological polar surface area (TPSA) is 16.1 Å². The summed E-state index contributed by atoms with van der Waals surface area (Å²) in [6.07, 6.45) is 9.26. The van der Waals surface area contributed by atoms with E-state index in [2.05, 4.69) is 51.8 Å². The summed E-state index contributed by atoms with van der Waals surface area (Å²) in [6, 6.07) is 0. The Morgan fingerprint density at radius 1 is 1.20 bits per heavy atom. The summed E-state index contributed by atoms with van der Waals surface area (Å²) < 4.78 is 0. The minimum absolute atomic E-state index is 0.244. The summed E-state index contributed by atoms with van der Waals surface area (Å²) in [4.78, 5) is 8.99. The van der Waals surface area contributed by atoms with Crippen molar-refractivity contribution in [2.75, 3.05) is 7.05 Å². The lowest BCUT2D eigenvalue weighted by molar-refractivity contribution is -0.0128. The van der Waals surface area contributed by atoms with Crippen LogP contribution in [0.15, 0.2) is 6.08 Å². The molecule has 0 bridgehead atoms. The number of fused-ring (bicyclic) bond motifs is 1. The van der Waals surface area contributed by atoms with Gasteiger partial charge in [-0.3, -0.25) is 4.90 Å². The first-order valence-corrected chi connectivity index (χ1v) is 8.51. The summed E-state index contributed by atoms with van der Waals surface area (Å²) in [7, 11) is 2.27. The van der Waals surface area contributed by atoms with Crippen LogP contribution in [0, 0.1) is 0 Å². The molecule has 0 radical (unpaired) electrons. The van der Waals surface area contributed by atoms with Crippen molar-refractivity contribution in [1.29, 1.82) is 0 Å². The first-order chi connectivity index (χ1) is 9.29. The summed E-state index contributed by atoms with van der Waals surface area (Å²) in [5.74, 6) is 0.611. The molecular weight excluding hydrogens is 264 g/mol. The zero-order valence-corrected chi connectivity index (χ0v) is 14.2. The number of thiazole rings is 1. The lowest BCUT2D eigenvalue weighted by Crippen LogP contribution is -2.58. The van der Waals surface area contributed by atoms with Crippen molar-refractivity contribution in [2.24, 2.45) is 0 Å². The Morgan fingerprint density at radius 3 is 2.45 bits per heavy atom. The van der Waals surface area contributed by atoms with Crippen molar-refractivity contribution in [2.45, 2.75) is 70.4 Å². The van der Waals surface area contributed by atoms with Crippen molar-refractivity contribution in [3.63, 3.8) is 0 Å². The molecule has 2 heterocycles. The highest BCUT2D eigenvalue weighted by molar-refractivity contribution is 7.11. The lowest BCUT2D eigenvalue weighted by Gasteiger charge is -2.53. The van der Waals surface area contributed by atoms with E-state index in [-0.39, 0.29) is 11.1 Å². The van der Waals surface area contributed by atoms with E-state index in [1.54, 1.807) is 0 Å². The Morgan fingerprint density at radius 2 is 1.85 bits per heavy atom. The van der Waals surface area contributed by atoms with Crippen LogP contribution in [0.2, 0.25) is 0 Å². The molecule has 1 aliphatic carbocycles. The van der Waals surface area contributed by atoms with E-state index in [9.17, 15) is 0 Å². The predicted molar refractivity (Wildman–Crippen MR) is 87.4 cm³/mol. The molecule has 1 aliphatic heterocycles. The van der Waals surface area contributed by atoms with Gasteiger partial charge in [-0.2, -0.15) is 0 Å². The molecule has 1 aromatic heterocycles. The average molecular weight is 290 g/mol. The van der Waals surface area contributed by atoms with Gasteiger partial charge in [0.25, 0.3) is 0 Å². The minimum Gasteiger partial charge on any atom is -0.296 e. The SMILES string of the molecule is CN1C(C)(C)CC(c2nc3c(s2)CCC=C3)CC1(C)C. The van der Waals surface area contributed by atoms with Crippen LogP contribution in [-0.4, -0.2) is 28.0 Å². The molecule has 0 atom stereocenters. The van der Waals surface area contributed by atoms with Gasteiger partial charge in [0.05, 0.1) is 10.7 Å². The quantitative estimate of drug-likeness (QED) is 0.758. The van der Waals surface area contributed by atoms with Gasteiger partial charge < -0.3 is 0 Å². The molecule has 0 N–H and O–H groups in total. The Bertz CT molecular complexity index is 521. The monoisotopic (exact) mass is 290 g/mol. The third-order valence-electron chi connectivity index (χ3n) is 5.21. The Kier molecular flexibility index (Phi) is 3.33. The van der Waals surface area contributed by atoms with Gasteiger partial charge >= 0.3 is 0 Å². The lowest BCUT2D eigenvalue weighted by atomic mass is 9.74. The molecule has 1 fully saturated rings. The summed E-state index contributed by atoms with van der Waals surface area (Å²) in [5.41, 5.74) is 1.73. The average Bonchev–Trinajstić information content (AvgIpc) is 2.79. The molecule has 1 saturated heterocycles. The van der Waals surface area contributed by atoms with Crippen molar-refractivity contribution in [3.8, 4) is 0 Å². The molecule has 3 rings (SSSR count). The molecule has 110 valence electrons. The molecular formula is C17H26N2S. The van der Waals surface area contributed by atoms with Crippen LogP contribution in [0.1, 0.15) is 68.5 Å². The molecule has 0 aromatic carbocycles. The second-order valence-corrected chi connectivity index (χ2v) is 8.71. The highest BCUT2D eigenvalue weighted by atomic mass is 32.1. The van der Waals surface area contributed by atoms with Crippen molar-refractivity contribution in [3.05, 3.63) is 21.7 Å². The maximum Gasteiger partial charge on any atom is 0.0967 e. The highest BCUT2D eigenvalue weighted by Gasteiger charge is 2.44. The molecule has 20 heavy (non-hydrogen) atoms. The molecule has 1 aromatic rings. The van der Waals surface area contributed by atoms with Gasteiger partial charge in [-0.1, -0.05) is 6.08 Å². The minimum atomic E-state index is 0.244. The van der Waals surface area contributed by atoms with E-state index in [1.165, 1.54) is 41.3 Å². The van der Waals surface area contributed by atoms with E-state index < -0.39 is 0 Å². The standard InChI is InChI=1S/C17H26N2S/c1-16(2)10-12(11-17(3,4)19(16)5)15-18-13-8-6-7-9-14(13)20-15/h6,8,12H,7,9-11H2,1-5H3. The van der Waals surface area contributed by atoms with Crippen LogP contribution in [0.4, 0.5) is 0 Å². The van der Waals surface area contributed by atoms with E-state index in [0.717, 1.165) is 0 Å². The maximum absolute atomic E-state index is 4.94. The number of allylic oxidation sites excluding steroid dienone is 1. The summed E-state index contributed by atoms with van der Waals surface area (Å²) in [5, 5.41) is 1.37. The van der Waals surface area contributed by atoms with Gasteiger partial charge in [0, 0.05) is 21.9 Å². The molecule has 2 aliphatic rings. The largest absolute Gasteiger partial charge is 0.296 e. The summed E-state index contributed by atoms with van der Waals surface area (Å²) in [6.45, 7) is 9.48. The second kappa shape index (κ2) is 4.67. The fourth-order valence-electron chi connectivity index (χ4n) is 3.82. The zero-order chi connectivity index (χ0) is 14.5. The summed E-state index contributed by atoms with van der Waals surface area (Å²) >= 11 is 1.96. The number of rotatable bonds is 1. The van der Waals surface area contributed by atoms with Crippen LogP contribution in [0.5, 0.6) is 0 Å². The van der Waals surface area contributed by atoms with Gasteiger partial charge in [0.2, 0.25) is 0 Å². The molecule has 2 nitrogen and oxygen atoms in total. The molecule has 0 amide bonds. The van der Waals surface area contributed by atoms with Gasteiger partial charge in [-0.25, -0.2) is 4.98 Å². The molecule has 0 unspecified atom stereocenters. The van der Waals surface area contributed by atoms with Crippen LogP contribution in [0.3, 0.4) is 0 Å². The van der Waals surface area contributed by atoms with E-state index >= 15 is 0 Å². The Balaban J connectivity index is 1.91. The molecule has 0 spiro atoms. The number of piperidine rings is 1. The van der Waals surface area contributed by atoms with Gasteiger partial charge in [0.15, 0.2) is 0 Å². The third kappa shape index (κ3) is 2.35. The highest BCUT2D eigenvalue weighted by Crippen LogP contribution is 2.46. The zero-order valence-electron chi connectivity index (χ0n) is 13.4. The number of hydrogen-bond acceptors (Lipinski definition) is 3. The van der Waals surface area contributed by atoms with Crippen LogP contribution >= 0.6 is 11.3 Å². The number of likely N-dealkylation sites (tertiary alicyclic amines) is 1. The fourth-order valence-corrected chi connectivity index (χ4v) is 4.99. The first-order valence-electron chi connectivity index (χ1n) is 7.70. The predicted octanol–water partition coefficient (Wildman–Crippen LogP) is 4.47. The third-order valence-corrected chi connectivity index (χ3v) is 6.51.